The van der Waals surface area contributed by atoms with Crippen LogP contribution in [0.1, 0.15) is 5.56 Å². The van der Waals surface area contributed by atoms with E-state index in [0.29, 0.717) is 5.13 Å². The zero-order chi connectivity index (χ0) is 10.1. The van der Waals surface area contributed by atoms with Crippen molar-refractivity contribution in [3.05, 3.63) is 28.2 Å². The number of benzene rings is 1. The summed E-state index contributed by atoms with van der Waals surface area (Å²) < 4.78 is 1.02. The van der Waals surface area contributed by atoms with Crippen molar-refractivity contribution in [2.75, 3.05) is 5.73 Å². The molecule has 0 spiro atoms. The topological polar surface area (TPSA) is 51.8 Å². The summed E-state index contributed by atoms with van der Waals surface area (Å²) in [4.78, 5) is 0. The summed E-state index contributed by atoms with van der Waals surface area (Å²) in [7, 11) is 0. The van der Waals surface area contributed by atoms with E-state index >= 15 is 0 Å². The molecule has 0 bridgehead atoms. The lowest BCUT2D eigenvalue weighted by Gasteiger charge is -2.03. The molecule has 1 aromatic heterocycles. The SMILES string of the molecule is Cc1cccc(Br)c1-c1nnc(N)s1. The zero-order valence-corrected chi connectivity index (χ0v) is 9.89. The van der Waals surface area contributed by atoms with E-state index in [1.54, 1.807) is 0 Å². The van der Waals surface area contributed by atoms with Crippen LogP contribution in [0.4, 0.5) is 5.13 Å². The van der Waals surface area contributed by atoms with Gasteiger partial charge in [0.15, 0.2) is 5.01 Å². The van der Waals surface area contributed by atoms with Crippen molar-refractivity contribution in [1.82, 2.24) is 10.2 Å². The van der Waals surface area contributed by atoms with Crippen molar-refractivity contribution in [2.45, 2.75) is 6.92 Å². The molecule has 0 saturated carbocycles. The third kappa shape index (κ3) is 1.65. The third-order valence-corrected chi connectivity index (χ3v) is 3.31. The molecule has 3 nitrogen and oxygen atoms in total. The predicted octanol–water partition coefficient (Wildman–Crippen LogP) is 2.86. The highest BCUT2D eigenvalue weighted by molar-refractivity contribution is 9.10. The molecule has 0 aliphatic carbocycles. The fourth-order valence-corrected chi connectivity index (χ4v) is 2.76. The summed E-state index contributed by atoms with van der Waals surface area (Å²) in [6.07, 6.45) is 0. The Morgan fingerprint density at radius 1 is 1.36 bits per heavy atom. The maximum atomic E-state index is 5.55. The van der Waals surface area contributed by atoms with Gasteiger partial charge in [0.1, 0.15) is 0 Å². The second kappa shape index (κ2) is 3.67. The molecular weight excluding hydrogens is 262 g/mol. The van der Waals surface area contributed by atoms with Crippen molar-refractivity contribution < 1.29 is 0 Å². The Bertz CT molecular complexity index is 447. The van der Waals surface area contributed by atoms with Crippen molar-refractivity contribution in [2.24, 2.45) is 0 Å². The van der Waals surface area contributed by atoms with E-state index in [1.165, 1.54) is 11.3 Å². The van der Waals surface area contributed by atoms with Gasteiger partial charge in [-0.25, -0.2) is 0 Å². The normalized spacial score (nSPS) is 10.4. The Morgan fingerprint density at radius 3 is 2.71 bits per heavy atom. The number of aromatic nitrogens is 2. The molecule has 72 valence electrons. The Kier molecular flexibility index (Phi) is 2.52. The molecule has 0 atom stereocenters. The molecule has 5 heteroatoms. The van der Waals surface area contributed by atoms with Crippen LogP contribution in [0, 0.1) is 6.92 Å². The second-order valence-corrected chi connectivity index (χ2v) is 4.74. The first-order valence-electron chi connectivity index (χ1n) is 4.03. The molecule has 2 N–H and O–H groups in total. The molecule has 0 amide bonds. The Balaban J connectivity index is 2.61. The first-order valence-corrected chi connectivity index (χ1v) is 5.64. The Hall–Kier alpha value is -0.940. The molecular formula is C9H8BrN3S. The van der Waals surface area contributed by atoms with Gasteiger partial charge in [-0.1, -0.05) is 39.4 Å². The van der Waals surface area contributed by atoms with Gasteiger partial charge < -0.3 is 5.73 Å². The number of nitrogens with zero attached hydrogens (tertiary/aromatic N) is 2. The van der Waals surface area contributed by atoms with Crippen LogP contribution in [0.15, 0.2) is 22.7 Å². The molecule has 1 aromatic carbocycles. The lowest BCUT2D eigenvalue weighted by molar-refractivity contribution is 1.10. The predicted molar refractivity (Wildman–Crippen MR) is 62.2 cm³/mol. The number of aryl methyl sites for hydroxylation is 1. The van der Waals surface area contributed by atoms with Gasteiger partial charge in [-0.2, -0.15) is 0 Å². The minimum Gasteiger partial charge on any atom is -0.374 e. The maximum Gasteiger partial charge on any atom is 0.203 e. The van der Waals surface area contributed by atoms with Crippen molar-refractivity contribution in [1.29, 1.82) is 0 Å². The number of rotatable bonds is 1. The van der Waals surface area contributed by atoms with E-state index < -0.39 is 0 Å². The average Bonchev–Trinajstić information content (AvgIpc) is 2.51. The summed E-state index contributed by atoms with van der Waals surface area (Å²) in [5, 5.41) is 9.17. The van der Waals surface area contributed by atoms with Crippen LogP contribution in [0.25, 0.3) is 10.6 Å². The van der Waals surface area contributed by atoms with Crippen LogP contribution in [0.3, 0.4) is 0 Å². The number of hydrogen-bond acceptors (Lipinski definition) is 4. The molecule has 2 aromatic rings. The summed E-state index contributed by atoms with van der Waals surface area (Å²) in [6.45, 7) is 2.04. The molecule has 1 heterocycles. The van der Waals surface area contributed by atoms with E-state index in [0.717, 1.165) is 20.6 Å². The Morgan fingerprint density at radius 2 is 2.14 bits per heavy atom. The minimum atomic E-state index is 0.496. The summed E-state index contributed by atoms with van der Waals surface area (Å²) in [5.41, 5.74) is 7.78. The van der Waals surface area contributed by atoms with Crippen LogP contribution in [0.2, 0.25) is 0 Å². The smallest absolute Gasteiger partial charge is 0.203 e. The van der Waals surface area contributed by atoms with Gasteiger partial charge >= 0.3 is 0 Å². The van der Waals surface area contributed by atoms with Gasteiger partial charge in [0.05, 0.1) is 0 Å². The lowest BCUT2D eigenvalue weighted by Crippen LogP contribution is -1.84. The quantitative estimate of drug-likeness (QED) is 0.866. The van der Waals surface area contributed by atoms with Crippen molar-refractivity contribution >= 4 is 32.4 Å². The van der Waals surface area contributed by atoms with Gasteiger partial charge in [0, 0.05) is 10.0 Å². The fraction of sp³-hybridized carbons (Fsp3) is 0.111. The van der Waals surface area contributed by atoms with E-state index in [9.17, 15) is 0 Å². The largest absolute Gasteiger partial charge is 0.374 e. The van der Waals surface area contributed by atoms with E-state index in [1.807, 2.05) is 25.1 Å². The number of halogens is 1. The van der Waals surface area contributed by atoms with Crippen LogP contribution >= 0.6 is 27.3 Å². The first kappa shape index (κ1) is 9.61. The monoisotopic (exact) mass is 269 g/mol. The number of hydrogen-bond donors (Lipinski definition) is 1. The van der Waals surface area contributed by atoms with Gasteiger partial charge in [-0.15, -0.1) is 10.2 Å². The van der Waals surface area contributed by atoms with Crippen LogP contribution in [-0.4, -0.2) is 10.2 Å². The zero-order valence-electron chi connectivity index (χ0n) is 7.49. The highest BCUT2D eigenvalue weighted by Gasteiger charge is 2.10. The highest BCUT2D eigenvalue weighted by Crippen LogP contribution is 2.33. The fourth-order valence-electron chi connectivity index (χ4n) is 1.24. The van der Waals surface area contributed by atoms with E-state index in [4.69, 9.17) is 5.73 Å². The van der Waals surface area contributed by atoms with Crippen LogP contribution in [0.5, 0.6) is 0 Å². The van der Waals surface area contributed by atoms with Gasteiger partial charge in [0.25, 0.3) is 0 Å². The molecule has 14 heavy (non-hydrogen) atoms. The standard InChI is InChI=1S/C9H8BrN3S/c1-5-3-2-4-6(10)7(5)8-12-13-9(11)14-8/h2-4H,1H3,(H2,11,13). The van der Waals surface area contributed by atoms with Crippen LogP contribution in [-0.2, 0) is 0 Å². The molecule has 0 fully saturated rings. The number of anilines is 1. The highest BCUT2D eigenvalue weighted by atomic mass is 79.9. The Labute approximate surface area is 94.1 Å². The van der Waals surface area contributed by atoms with Gasteiger partial charge in [-0.3, -0.25) is 0 Å². The van der Waals surface area contributed by atoms with Crippen molar-refractivity contribution in [3.63, 3.8) is 0 Å². The maximum absolute atomic E-state index is 5.55. The van der Waals surface area contributed by atoms with Crippen molar-refractivity contribution in [3.8, 4) is 10.6 Å². The van der Waals surface area contributed by atoms with Gasteiger partial charge in [0.2, 0.25) is 5.13 Å². The van der Waals surface area contributed by atoms with Gasteiger partial charge in [-0.05, 0) is 18.6 Å². The molecule has 0 aliphatic heterocycles. The summed E-state index contributed by atoms with van der Waals surface area (Å²) in [6, 6.07) is 6.02. The molecule has 0 unspecified atom stereocenters. The third-order valence-electron chi connectivity index (χ3n) is 1.88. The molecule has 0 radical (unpaired) electrons. The minimum absolute atomic E-state index is 0.496. The molecule has 0 aliphatic rings. The first-order chi connectivity index (χ1) is 6.68. The van der Waals surface area contributed by atoms with E-state index in [-0.39, 0.29) is 0 Å². The van der Waals surface area contributed by atoms with E-state index in [2.05, 4.69) is 26.1 Å². The second-order valence-electron chi connectivity index (χ2n) is 2.88. The summed E-state index contributed by atoms with van der Waals surface area (Å²) in [5.74, 6) is 0. The molecule has 2 rings (SSSR count). The lowest BCUT2D eigenvalue weighted by atomic mass is 10.1. The summed E-state index contributed by atoms with van der Waals surface area (Å²) >= 11 is 4.89. The van der Waals surface area contributed by atoms with Crippen LogP contribution < -0.4 is 5.73 Å². The average molecular weight is 270 g/mol. The number of nitrogen functional groups attached to an aromatic ring is 1. The molecule has 0 saturated heterocycles. The number of nitrogens with two attached hydrogens (primary N) is 1.